The second-order valence-electron chi connectivity index (χ2n) is 4.25. The fourth-order valence-corrected chi connectivity index (χ4v) is 1.70. The first kappa shape index (κ1) is 11.2. The SMILES string of the molecule is CCCn1cncc1C(N)CC(C)C. The average molecular weight is 195 g/mol. The summed E-state index contributed by atoms with van der Waals surface area (Å²) in [7, 11) is 0. The third-order valence-electron chi connectivity index (χ3n) is 2.31. The van der Waals surface area contributed by atoms with Gasteiger partial charge in [0.25, 0.3) is 0 Å². The van der Waals surface area contributed by atoms with Crippen molar-refractivity contribution in [2.45, 2.75) is 46.2 Å². The minimum absolute atomic E-state index is 0.129. The van der Waals surface area contributed by atoms with Crippen LogP contribution in [0.15, 0.2) is 12.5 Å². The maximum atomic E-state index is 6.11. The molecule has 0 bridgehead atoms. The van der Waals surface area contributed by atoms with Crippen LogP contribution in [0.3, 0.4) is 0 Å². The van der Waals surface area contributed by atoms with Crippen molar-refractivity contribution in [1.29, 1.82) is 0 Å². The maximum absolute atomic E-state index is 6.11. The summed E-state index contributed by atoms with van der Waals surface area (Å²) in [5, 5.41) is 0. The highest BCUT2D eigenvalue weighted by molar-refractivity contribution is 5.04. The van der Waals surface area contributed by atoms with Crippen LogP contribution >= 0.6 is 0 Å². The Morgan fingerprint density at radius 1 is 1.50 bits per heavy atom. The van der Waals surface area contributed by atoms with Crippen LogP contribution < -0.4 is 5.73 Å². The van der Waals surface area contributed by atoms with Crippen molar-refractivity contribution in [3.8, 4) is 0 Å². The molecule has 1 heterocycles. The van der Waals surface area contributed by atoms with Gasteiger partial charge in [-0.1, -0.05) is 20.8 Å². The van der Waals surface area contributed by atoms with Crippen LogP contribution in [0, 0.1) is 5.92 Å². The monoisotopic (exact) mass is 195 g/mol. The zero-order valence-corrected chi connectivity index (χ0v) is 9.40. The van der Waals surface area contributed by atoms with E-state index in [9.17, 15) is 0 Å². The fraction of sp³-hybridized carbons (Fsp3) is 0.727. The van der Waals surface area contributed by atoms with Crippen molar-refractivity contribution in [2.24, 2.45) is 11.7 Å². The van der Waals surface area contributed by atoms with E-state index in [0.29, 0.717) is 5.92 Å². The fourth-order valence-electron chi connectivity index (χ4n) is 1.70. The first-order valence-corrected chi connectivity index (χ1v) is 5.40. The molecule has 0 aromatic carbocycles. The normalized spacial score (nSPS) is 13.5. The van der Waals surface area contributed by atoms with Gasteiger partial charge in [-0.05, 0) is 18.8 Å². The molecule has 0 spiro atoms. The van der Waals surface area contributed by atoms with Crippen LogP contribution in [0.2, 0.25) is 0 Å². The molecule has 0 saturated carbocycles. The number of aryl methyl sites for hydroxylation is 1. The van der Waals surface area contributed by atoms with E-state index < -0.39 is 0 Å². The van der Waals surface area contributed by atoms with Gasteiger partial charge in [-0.15, -0.1) is 0 Å². The Balaban J connectivity index is 2.68. The molecular formula is C11H21N3. The highest BCUT2D eigenvalue weighted by atomic mass is 15.1. The molecule has 1 aromatic rings. The van der Waals surface area contributed by atoms with Crippen LogP contribution in [0.1, 0.15) is 45.3 Å². The van der Waals surface area contributed by atoms with Crippen molar-refractivity contribution in [2.75, 3.05) is 0 Å². The summed E-state index contributed by atoms with van der Waals surface area (Å²) < 4.78 is 2.16. The first-order chi connectivity index (χ1) is 6.65. The molecule has 1 rings (SSSR count). The van der Waals surface area contributed by atoms with Gasteiger partial charge in [-0.3, -0.25) is 0 Å². The molecule has 0 aliphatic rings. The predicted molar refractivity (Wildman–Crippen MR) is 58.9 cm³/mol. The number of aromatic nitrogens is 2. The summed E-state index contributed by atoms with van der Waals surface area (Å²) in [4.78, 5) is 4.15. The molecule has 0 fully saturated rings. The van der Waals surface area contributed by atoms with E-state index in [1.165, 1.54) is 5.69 Å². The Morgan fingerprint density at radius 2 is 2.21 bits per heavy atom. The van der Waals surface area contributed by atoms with E-state index in [0.717, 1.165) is 19.4 Å². The maximum Gasteiger partial charge on any atom is 0.0948 e. The molecule has 0 saturated heterocycles. The molecule has 2 N–H and O–H groups in total. The largest absolute Gasteiger partial charge is 0.333 e. The van der Waals surface area contributed by atoms with Gasteiger partial charge in [0.1, 0.15) is 0 Å². The van der Waals surface area contributed by atoms with E-state index >= 15 is 0 Å². The van der Waals surface area contributed by atoms with E-state index in [1.54, 1.807) is 0 Å². The van der Waals surface area contributed by atoms with Crippen molar-refractivity contribution < 1.29 is 0 Å². The Hall–Kier alpha value is -0.830. The van der Waals surface area contributed by atoms with Gasteiger partial charge in [0.15, 0.2) is 0 Å². The van der Waals surface area contributed by atoms with Crippen molar-refractivity contribution in [1.82, 2.24) is 9.55 Å². The van der Waals surface area contributed by atoms with E-state index in [2.05, 4.69) is 30.3 Å². The topological polar surface area (TPSA) is 43.8 Å². The van der Waals surface area contributed by atoms with E-state index in [-0.39, 0.29) is 6.04 Å². The lowest BCUT2D eigenvalue weighted by Gasteiger charge is -2.15. The molecule has 1 unspecified atom stereocenters. The quantitative estimate of drug-likeness (QED) is 0.783. The molecule has 0 aliphatic heterocycles. The van der Waals surface area contributed by atoms with Gasteiger partial charge < -0.3 is 10.3 Å². The molecule has 14 heavy (non-hydrogen) atoms. The molecule has 3 nitrogen and oxygen atoms in total. The van der Waals surface area contributed by atoms with Gasteiger partial charge in [0, 0.05) is 18.8 Å². The molecule has 1 atom stereocenters. The molecule has 3 heteroatoms. The summed E-state index contributed by atoms with van der Waals surface area (Å²) >= 11 is 0. The predicted octanol–water partition coefficient (Wildman–Crippen LogP) is 2.34. The number of hydrogen-bond donors (Lipinski definition) is 1. The summed E-state index contributed by atoms with van der Waals surface area (Å²) in [6.45, 7) is 7.57. The van der Waals surface area contributed by atoms with Gasteiger partial charge >= 0.3 is 0 Å². The Bertz CT molecular complexity index is 265. The highest BCUT2D eigenvalue weighted by Gasteiger charge is 2.12. The number of rotatable bonds is 5. The molecule has 80 valence electrons. The van der Waals surface area contributed by atoms with Crippen LogP contribution in [-0.2, 0) is 6.54 Å². The molecule has 0 amide bonds. The summed E-state index contributed by atoms with van der Waals surface area (Å²) in [5.41, 5.74) is 7.28. The average Bonchev–Trinajstić information content (AvgIpc) is 2.51. The summed E-state index contributed by atoms with van der Waals surface area (Å²) in [6, 6.07) is 0.129. The second-order valence-corrected chi connectivity index (χ2v) is 4.25. The Morgan fingerprint density at radius 3 is 2.79 bits per heavy atom. The third-order valence-corrected chi connectivity index (χ3v) is 2.31. The number of imidazole rings is 1. The third kappa shape index (κ3) is 2.84. The smallest absolute Gasteiger partial charge is 0.0948 e. The minimum Gasteiger partial charge on any atom is -0.333 e. The second kappa shape index (κ2) is 5.15. The first-order valence-electron chi connectivity index (χ1n) is 5.40. The van der Waals surface area contributed by atoms with Crippen molar-refractivity contribution in [3.63, 3.8) is 0 Å². The zero-order valence-electron chi connectivity index (χ0n) is 9.40. The Labute approximate surface area is 86.3 Å². The van der Waals surface area contributed by atoms with Gasteiger partial charge in [0.05, 0.1) is 12.0 Å². The van der Waals surface area contributed by atoms with Crippen molar-refractivity contribution in [3.05, 3.63) is 18.2 Å². The number of nitrogens with two attached hydrogens (primary N) is 1. The van der Waals surface area contributed by atoms with Crippen LogP contribution in [-0.4, -0.2) is 9.55 Å². The van der Waals surface area contributed by atoms with Crippen LogP contribution in [0.5, 0.6) is 0 Å². The molecular weight excluding hydrogens is 174 g/mol. The lowest BCUT2D eigenvalue weighted by Crippen LogP contribution is -2.17. The molecule has 1 aromatic heterocycles. The zero-order chi connectivity index (χ0) is 10.6. The number of hydrogen-bond acceptors (Lipinski definition) is 2. The van der Waals surface area contributed by atoms with Crippen molar-refractivity contribution >= 4 is 0 Å². The molecule has 0 radical (unpaired) electrons. The molecule has 0 aliphatic carbocycles. The van der Waals surface area contributed by atoms with Gasteiger partial charge in [-0.2, -0.15) is 0 Å². The minimum atomic E-state index is 0.129. The summed E-state index contributed by atoms with van der Waals surface area (Å²) in [5.74, 6) is 0.634. The Kier molecular flexibility index (Phi) is 4.14. The van der Waals surface area contributed by atoms with E-state index in [4.69, 9.17) is 5.73 Å². The lowest BCUT2D eigenvalue weighted by molar-refractivity contribution is 0.482. The van der Waals surface area contributed by atoms with Gasteiger partial charge in [0.2, 0.25) is 0 Å². The van der Waals surface area contributed by atoms with Crippen LogP contribution in [0.25, 0.3) is 0 Å². The highest BCUT2D eigenvalue weighted by Crippen LogP contribution is 2.18. The van der Waals surface area contributed by atoms with Gasteiger partial charge in [-0.25, -0.2) is 4.98 Å². The standard InChI is InChI=1S/C11H21N3/c1-4-5-14-8-13-7-11(14)10(12)6-9(2)3/h7-10H,4-6,12H2,1-3H3. The van der Waals surface area contributed by atoms with Crippen LogP contribution in [0.4, 0.5) is 0 Å². The summed E-state index contributed by atoms with van der Waals surface area (Å²) in [6.07, 6.45) is 5.91. The van der Waals surface area contributed by atoms with E-state index in [1.807, 2.05) is 12.5 Å². The number of nitrogens with zero attached hydrogens (tertiary/aromatic N) is 2. The lowest BCUT2D eigenvalue weighted by atomic mass is 10.0.